The van der Waals surface area contributed by atoms with E-state index in [2.05, 4.69) is 48.7 Å². The monoisotopic (exact) mass is 485 g/mol. The van der Waals surface area contributed by atoms with Gasteiger partial charge in [0.2, 0.25) is 0 Å². The van der Waals surface area contributed by atoms with Gasteiger partial charge in [-0.15, -0.1) is 24.0 Å². The summed E-state index contributed by atoms with van der Waals surface area (Å²) in [6.07, 6.45) is 5.85. The third kappa shape index (κ3) is 4.53. The Labute approximate surface area is 179 Å². The Bertz CT molecular complexity index is 669. The number of nitrogens with zero attached hydrogens (tertiary/aromatic N) is 1. The van der Waals surface area contributed by atoms with E-state index >= 15 is 0 Å². The van der Waals surface area contributed by atoms with Crippen molar-refractivity contribution >= 4 is 29.9 Å². The number of hydrogen-bond donors (Lipinski definition) is 2. The number of ether oxygens (including phenoxy) is 2. The van der Waals surface area contributed by atoms with Crippen molar-refractivity contribution in [1.29, 1.82) is 0 Å². The average Bonchev–Trinajstić information content (AvgIpc) is 3.05. The molecule has 0 amide bonds. The Balaban J connectivity index is 0.00000210. The summed E-state index contributed by atoms with van der Waals surface area (Å²) in [7, 11) is 0. The highest BCUT2D eigenvalue weighted by Crippen LogP contribution is 2.46. The number of guanidine groups is 1. The smallest absolute Gasteiger partial charge is 0.191 e. The third-order valence-corrected chi connectivity index (χ3v) is 5.89. The van der Waals surface area contributed by atoms with Crippen LogP contribution >= 0.6 is 24.0 Å². The molecule has 2 fully saturated rings. The van der Waals surface area contributed by atoms with E-state index in [0.29, 0.717) is 0 Å². The summed E-state index contributed by atoms with van der Waals surface area (Å²) < 4.78 is 11.8. The SMILES string of the molecule is CCNC(=NCC1(C)COC1)NC1CC2(CCCC2)Oc2ccccc21.I. The Morgan fingerprint density at radius 3 is 2.63 bits per heavy atom. The van der Waals surface area contributed by atoms with Gasteiger partial charge in [0, 0.05) is 23.9 Å². The predicted molar refractivity (Wildman–Crippen MR) is 119 cm³/mol. The van der Waals surface area contributed by atoms with Crippen molar-refractivity contribution in [3.63, 3.8) is 0 Å². The van der Waals surface area contributed by atoms with Crippen LogP contribution in [0.25, 0.3) is 0 Å². The van der Waals surface area contributed by atoms with E-state index in [1.807, 2.05) is 0 Å². The zero-order valence-electron chi connectivity index (χ0n) is 16.4. The van der Waals surface area contributed by atoms with Gasteiger partial charge in [-0.1, -0.05) is 25.1 Å². The van der Waals surface area contributed by atoms with Gasteiger partial charge in [0.15, 0.2) is 5.96 Å². The van der Waals surface area contributed by atoms with Crippen LogP contribution < -0.4 is 15.4 Å². The zero-order valence-corrected chi connectivity index (χ0v) is 18.8. The lowest BCUT2D eigenvalue weighted by Crippen LogP contribution is -2.48. The maximum absolute atomic E-state index is 6.48. The van der Waals surface area contributed by atoms with Crippen LogP contribution in [0.4, 0.5) is 0 Å². The summed E-state index contributed by atoms with van der Waals surface area (Å²) in [5.41, 5.74) is 1.42. The topological polar surface area (TPSA) is 54.9 Å². The van der Waals surface area contributed by atoms with Gasteiger partial charge in [-0.05, 0) is 38.7 Å². The molecule has 27 heavy (non-hydrogen) atoms. The Kier molecular flexibility index (Phi) is 6.56. The summed E-state index contributed by atoms with van der Waals surface area (Å²) in [5.74, 6) is 1.93. The van der Waals surface area contributed by atoms with Gasteiger partial charge in [0.25, 0.3) is 0 Å². The zero-order chi connectivity index (χ0) is 18.0. The molecule has 6 heteroatoms. The molecule has 0 aromatic heterocycles. The fraction of sp³-hybridized carbons (Fsp3) is 0.667. The molecule has 1 saturated carbocycles. The third-order valence-electron chi connectivity index (χ3n) is 5.89. The van der Waals surface area contributed by atoms with E-state index in [-0.39, 0.29) is 41.0 Å². The standard InChI is InChI=1S/C21H31N3O2.HI/c1-3-22-19(23-13-20(2)14-25-15-20)24-17-12-21(10-6-7-11-21)26-18-9-5-4-8-16(17)18;/h4-5,8-9,17H,3,6-7,10-15H2,1-2H3,(H2,22,23,24);1H. The maximum Gasteiger partial charge on any atom is 0.191 e. The van der Waals surface area contributed by atoms with Crippen LogP contribution in [0.1, 0.15) is 57.6 Å². The Morgan fingerprint density at radius 1 is 1.22 bits per heavy atom. The number of benzene rings is 1. The number of fused-ring (bicyclic) bond motifs is 1. The van der Waals surface area contributed by atoms with Gasteiger partial charge in [0.1, 0.15) is 11.4 Å². The van der Waals surface area contributed by atoms with Crippen molar-refractivity contribution in [1.82, 2.24) is 10.6 Å². The van der Waals surface area contributed by atoms with Gasteiger partial charge in [-0.3, -0.25) is 4.99 Å². The number of halogens is 1. The minimum atomic E-state index is -0.00284. The van der Waals surface area contributed by atoms with Crippen LogP contribution in [0.15, 0.2) is 29.3 Å². The van der Waals surface area contributed by atoms with E-state index in [4.69, 9.17) is 14.5 Å². The molecule has 2 aliphatic heterocycles. The fourth-order valence-electron chi connectivity index (χ4n) is 4.37. The van der Waals surface area contributed by atoms with Crippen LogP contribution in [-0.4, -0.2) is 37.9 Å². The molecule has 150 valence electrons. The molecule has 1 aromatic rings. The fourth-order valence-corrected chi connectivity index (χ4v) is 4.37. The molecule has 1 atom stereocenters. The van der Waals surface area contributed by atoms with Crippen molar-refractivity contribution < 1.29 is 9.47 Å². The molecule has 1 aliphatic carbocycles. The van der Waals surface area contributed by atoms with Gasteiger partial charge in [-0.2, -0.15) is 0 Å². The number of hydrogen-bond acceptors (Lipinski definition) is 3. The quantitative estimate of drug-likeness (QED) is 0.384. The van der Waals surface area contributed by atoms with E-state index in [1.54, 1.807) is 0 Å². The maximum atomic E-state index is 6.48. The van der Waals surface area contributed by atoms with Crippen molar-refractivity contribution in [2.75, 3.05) is 26.3 Å². The summed E-state index contributed by atoms with van der Waals surface area (Å²) in [6, 6.07) is 8.70. The Hall–Kier alpha value is -1.02. The summed E-state index contributed by atoms with van der Waals surface area (Å²) in [4.78, 5) is 4.86. The largest absolute Gasteiger partial charge is 0.487 e. The second kappa shape index (κ2) is 8.55. The summed E-state index contributed by atoms with van der Waals surface area (Å²) >= 11 is 0. The van der Waals surface area contributed by atoms with Crippen molar-refractivity contribution in [2.45, 2.75) is 57.6 Å². The molecule has 3 aliphatic rings. The van der Waals surface area contributed by atoms with Crippen LogP contribution in [0.5, 0.6) is 5.75 Å². The first kappa shape index (κ1) is 20.7. The van der Waals surface area contributed by atoms with Gasteiger partial charge < -0.3 is 20.1 Å². The highest BCUT2D eigenvalue weighted by atomic mass is 127. The van der Waals surface area contributed by atoms with E-state index in [0.717, 1.165) is 57.3 Å². The second-order valence-electron chi connectivity index (χ2n) is 8.43. The summed E-state index contributed by atoms with van der Waals surface area (Å²) in [5, 5.41) is 7.12. The van der Waals surface area contributed by atoms with Crippen LogP contribution in [0.3, 0.4) is 0 Å². The predicted octanol–water partition coefficient (Wildman–Crippen LogP) is 4.03. The molecule has 0 radical (unpaired) electrons. The molecule has 2 heterocycles. The molecular formula is C21H32IN3O2. The van der Waals surface area contributed by atoms with Crippen molar-refractivity contribution in [2.24, 2.45) is 10.4 Å². The summed E-state index contributed by atoms with van der Waals surface area (Å²) in [6.45, 7) is 7.61. The molecule has 1 unspecified atom stereocenters. The normalized spacial score (nSPS) is 25.0. The molecule has 1 aromatic carbocycles. The molecule has 0 bridgehead atoms. The molecule has 5 nitrogen and oxygen atoms in total. The van der Waals surface area contributed by atoms with Crippen LogP contribution in [0.2, 0.25) is 0 Å². The van der Waals surface area contributed by atoms with Crippen LogP contribution in [0, 0.1) is 5.41 Å². The number of para-hydroxylation sites is 1. The molecule has 2 N–H and O–H groups in total. The highest BCUT2D eigenvalue weighted by molar-refractivity contribution is 14.0. The Morgan fingerprint density at radius 2 is 1.96 bits per heavy atom. The lowest BCUT2D eigenvalue weighted by Gasteiger charge is -2.41. The van der Waals surface area contributed by atoms with E-state index < -0.39 is 0 Å². The van der Waals surface area contributed by atoms with Crippen molar-refractivity contribution in [3.8, 4) is 5.75 Å². The first-order valence-corrected chi connectivity index (χ1v) is 10.0. The molecule has 1 saturated heterocycles. The first-order chi connectivity index (χ1) is 12.6. The first-order valence-electron chi connectivity index (χ1n) is 10.0. The number of nitrogens with one attached hydrogen (secondary N) is 2. The minimum absolute atomic E-state index is 0. The number of rotatable bonds is 4. The second-order valence-corrected chi connectivity index (χ2v) is 8.43. The minimum Gasteiger partial charge on any atom is -0.487 e. The van der Waals surface area contributed by atoms with E-state index in [9.17, 15) is 0 Å². The van der Waals surface area contributed by atoms with Gasteiger partial charge in [0.05, 0.1) is 25.8 Å². The van der Waals surface area contributed by atoms with Crippen LogP contribution in [-0.2, 0) is 4.74 Å². The molecule has 1 spiro atoms. The van der Waals surface area contributed by atoms with Gasteiger partial charge >= 0.3 is 0 Å². The molecular weight excluding hydrogens is 453 g/mol. The van der Waals surface area contributed by atoms with Gasteiger partial charge in [-0.25, -0.2) is 0 Å². The lowest BCUT2D eigenvalue weighted by molar-refractivity contribution is -0.0945. The highest BCUT2D eigenvalue weighted by Gasteiger charge is 2.43. The molecule has 4 rings (SSSR count). The average molecular weight is 485 g/mol. The van der Waals surface area contributed by atoms with E-state index in [1.165, 1.54) is 18.4 Å². The lowest BCUT2D eigenvalue weighted by atomic mass is 9.86. The van der Waals surface area contributed by atoms with Crippen molar-refractivity contribution in [3.05, 3.63) is 29.8 Å². The number of aliphatic imine (C=N–C) groups is 1.